The maximum Gasteiger partial charge on any atom is 0.221 e. The predicted octanol–water partition coefficient (Wildman–Crippen LogP) is 2.48. The monoisotopic (exact) mass is 319 g/mol. The van der Waals surface area contributed by atoms with E-state index < -0.39 is 0 Å². The number of halogens is 1. The van der Waals surface area contributed by atoms with Crippen molar-refractivity contribution >= 4 is 27.5 Å². The first-order valence-corrected chi connectivity index (χ1v) is 6.65. The molecule has 0 saturated carbocycles. The molecule has 98 valence electrons. The molecule has 0 unspecified atom stereocenters. The summed E-state index contributed by atoms with van der Waals surface area (Å²) in [5.74, 6) is -0.337. The molecule has 0 aliphatic carbocycles. The number of nitrogens with one attached hydrogen (secondary N) is 1. The number of hydrogen-bond donors (Lipinski definition) is 2. The average Bonchev–Trinajstić information content (AvgIpc) is 2.39. The highest BCUT2D eigenvalue weighted by Gasteiger charge is 2.04. The molecule has 3 N–H and O–H groups in total. The Bertz CT molecular complexity index is 569. The highest BCUT2D eigenvalue weighted by molar-refractivity contribution is 9.10. The number of aromatic nitrogens is 1. The van der Waals surface area contributed by atoms with E-state index in [1.807, 2.05) is 36.4 Å². The van der Waals surface area contributed by atoms with Gasteiger partial charge < -0.3 is 11.1 Å². The quantitative estimate of drug-likeness (QED) is 0.889. The molecule has 2 aromatic rings. The molecule has 0 spiro atoms. The zero-order valence-electron chi connectivity index (χ0n) is 10.3. The molecule has 1 aromatic heterocycles. The van der Waals surface area contributed by atoms with E-state index in [1.54, 1.807) is 6.20 Å². The molecule has 1 heterocycles. The molecule has 1 aromatic carbocycles. The van der Waals surface area contributed by atoms with Crippen LogP contribution >= 0.6 is 15.9 Å². The van der Waals surface area contributed by atoms with Gasteiger partial charge in [-0.15, -0.1) is 0 Å². The minimum Gasteiger partial charge on any atom is -0.379 e. The fourth-order valence-electron chi connectivity index (χ4n) is 1.73. The Morgan fingerprint density at radius 1 is 1.26 bits per heavy atom. The Morgan fingerprint density at radius 2 is 2.05 bits per heavy atom. The molecular formula is C14H14BrN3O. The van der Waals surface area contributed by atoms with Gasteiger partial charge in [0.05, 0.1) is 18.7 Å². The van der Waals surface area contributed by atoms with E-state index >= 15 is 0 Å². The second-order valence-electron chi connectivity index (χ2n) is 4.12. The highest BCUT2D eigenvalue weighted by atomic mass is 79.9. The summed E-state index contributed by atoms with van der Waals surface area (Å²) in [6, 6.07) is 11.5. The number of nitrogens with zero attached hydrogens (tertiary/aromatic N) is 1. The van der Waals surface area contributed by atoms with Crippen LogP contribution in [-0.2, 0) is 17.8 Å². The first-order valence-electron chi connectivity index (χ1n) is 5.85. The highest BCUT2D eigenvalue weighted by Crippen LogP contribution is 2.16. The zero-order valence-corrected chi connectivity index (χ0v) is 11.9. The van der Waals surface area contributed by atoms with Crippen molar-refractivity contribution in [3.05, 3.63) is 58.3 Å². The van der Waals surface area contributed by atoms with E-state index in [4.69, 9.17) is 5.73 Å². The number of pyridine rings is 1. The smallest absolute Gasteiger partial charge is 0.221 e. The van der Waals surface area contributed by atoms with Crippen LogP contribution in [0.25, 0.3) is 0 Å². The molecular weight excluding hydrogens is 306 g/mol. The normalized spacial score (nSPS) is 10.2. The van der Waals surface area contributed by atoms with E-state index in [0.29, 0.717) is 6.54 Å². The number of para-hydroxylation sites is 1. The molecule has 0 atom stereocenters. The van der Waals surface area contributed by atoms with Crippen molar-refractivity contribution in [3.8, 4) is 0 Å². The van der Waals surface area contributed by atoms with Gasteiger partial charge in [-0.1, -0.05) is 18.2 Å². The number of anilines is 1. The van der Waals surface area contributed by atoms with Gasteiger partial charge in [0.25, 0.3) is 0 Å². The van der Waals surface area contributed by atoms with Crippen LogP contribution in [-0.4, -0.2) is 10.9 Å². The molecule has 4 nitrogen and oxygen atoms in total. The second kappa shape index (κ2) is 6.33. The van der Waals surface area contributed by atoms with Crippen LogP contribution in [0.4, 0.5) is 5.69 Å². The number of primary amides is 1. The summed E-state index contributed by atoms with van der Waals surface area (Å²) < 4.78 is 0.949. The number of nitrogens with two attached hydrogens (primary N) is 1. The number of rotatable bonds is 5. The van der Waals surface area contributed by atoms with Crippen molar-refractivity contribution < 1.29 is 4.79 Å². The molecule has 19 heavy (non-hydrogen) atoms. The summed E-state index contributed by atoms with van der Waals surface area (Å²) >= 11 is 3.35. The van der Waals surface area contributed by atoms with Gasteiger partial charge in [0, 0.05) is 16.4 Å². The maximum absolute atomic E-state index is 11.0. The Balaban J connectivity index is 2.06. The van der Waals surface area contributed by atoms with Gasteiger partial charge in [-0.05, 0) is 39.7 Å². The van der Waals surface area contributed by atoms with E-state index in [2.05, 4.69) is 26.2 Å². The number of hydrogen-bond acceptors (Lipinski definition) is 3. The van der Waals surface area contributed by atoms with Crippen LogP contribution < -0.4 is 11.1 Å². The standard InChI is InChI=1S/C14H14BrN3O/c15-11-5-6-12(17-8-11)9-18-13-4-2-1-3-10(13)7-14(16)19/h1-6,8,18H,7,9H2,(H2,16,19). The van der Waals surface area contributed by atoms with Crippen molar-refractivity contribution in [3.63, 3.8) is 0 Å². The van der Waals surface area contributed by atoms with Gasteiger partial charge >= 0.3 is 0 Å². The van der Waals surface area contributed by atoms with Crippen molar-refractivity contribution in [2.24, 2.45) is 5.73 Å². The summed E-state index contributed by atoms with van der Waals surface area (Å²) in [5, 5.41) is 3.27. The molecule has 0 bridgehead atoms. The lowest BCUT2D eigenvalue weighted by Gasteiger charge is -2.10. The molecule has 0 radical (unpaired) electrons. The fourth-order valence-corrected chi connectivity index (χ4v) is 1.97. The topological polar surface area (TPSA) is 68.0 Å². The van der Waals surface area contributed by atoms with Crippen molar-refractivity contribution in [1.82, 2.24) is 4.98 Å². The minimum absolute atomic E-state index is 0.233. The molecule has 0 aliphatic rings. The Morgan fingerprint density at radius 3 is 2.74 bits per heavy atom. The molecule has 0 aliphatic heterocycles. The molecule has 0 fully saturated rings. The maximum atomic E-state index is 11.0. The van der Waals surface area contributed by atoms with Gasteiger partial charge in [0.15, 0.2) is 0 Å². The summed E-state index contributed by atoms with van der Waals surface area (Å²) in [5.41, 5.74) is 7.96. The molecule has 1 amide bonds. The van der Waals surface area contributed by atoms with E-state index in [9.17, 15) is 4.79 Å². The summed E-state index contributed by atoms with van der Waals surface area (Å²) in [6.45, 7) is 0.600. The zero-order chi connectivity index (χ0) is 13.7. The SMILES string of the molecule is NC(=O)Cc1ccccc1NCc1ccc(Br)cn1. The van der Waals surface area contributed by atoms with Gasteiger partial charge in [-0.2, -0.15) is 0 Å². The van der Waals surface area contributed by atoms with Crippen molar-refractivity contribution in [2.75, 3.05) is 5.32 Å². The third kappa shape index (κ3) is 4.06. The van der Waals surface area contributed by atoms with Crippen LogP contribution in [0.3, 0.4) is 0 Å². The lowest BCUT2D eigenvalue weighted by molar-refractivity contribution is -0.117. The van der Waals surface area contributed by atoms with Gasteiger partial charge in [0.2, 0.25) is 5.91 Å². The lowest BCUT2D eigenvalue weighted by Crippen LogP contribution is -2.15. The number of carbonyl (C=O) groups is 1. The second-order valence-corrected chi connectivity index (χ2v) is 5.04. The van der Waals surface area contributed by atoms with Crippen LogP contribution in [0.1, 0.15) is 11.3 Å². The van der Waals surface area contributed by atoms with Crippen molar-refractivity contribution in [1.29, 1.82) is 0 Å². The van der Waals surface area contributed by atoms with Gasteiger partial charge in [-0.25, -0.2) is 0 Å². The van der Waals surface area contributed by atoms with Gasteiger partial charge in [-0.3, -0.25) is 9.78 Å². The number of amides is 1. The van der Waals surface area contributed by atoms with Gasteiger partial charge in [0.1, 0.15) is 0 Å². The average molecular weight is 320 g/mol. The lowest BCUT2D eigenvalue weighted by atomic mass is 10.1. The first-order chi connectivity index (χ1) is 9.15. The van der Waals surface area contributed by atoms with Crippen LogP contribution in [0.2, 0.25) is 0 Å². The van der Waals surface area contributed by atoms with E-state index in [-0.39, 0.29) is 12.3 Å². The van der Waals surface area contributed by atoms with Crippen LogP contribution in [0.15, 0.2) is 47.1 Å². The molecule has 5 heteroatoms. The minimum atomic E-state index is -0.337. The Labute approximate surface area is 120 Å². The first kappa shape index (κ1) is 13.5. The third-order valence-corrected chi connectivity index (χ3v) is 3.10. The Kier molecular flexibility index (Phi) is 4.52. The fraction of sp³-hybridized carbons (Fsp3) is 0.143. The molecule has 2 rings (SSSR count). The number of benzene rings is 1. The number of carbonyl (C=O) groups excluding carboxylic acids is 1. The van der Waals surface area contributed by atoms with Crippen LogP contribution in [0, 0.1) is 0 Å². The van der Waals surface area contributed by atoms with Crippen LogP contribution in [0.5, 0.6) is 0 Å². The van der Waals surface area contributed by atoms with E-state index in [0.717, 1.165) is 21.4 Å². The predicted molar refractivity (Wildman–Crippen MR) is 78.6 cm³/mol. The Hall–Kier alpha value is -1.88. The van der Waals surface area contributed by atoms with Crippen molar-refractivity contribution in [2.45, 2.75) is 13.0 Å². The summed E-state index contributed by atoms with van der Waals surface area (Å²) in [4.78, 5) is 15.3. The largest absolute Gasteiger partial charge is 0.379 e. The van der Waals surface area contributed by atoms with E-state index in [1.165, 1.54) is 0 Å². The summed E-state index contributed by atoms with van der Waals surface area (Å²) in [7, 11) is 0. The molecule has 0 saturated heterocycles. The summed E-state index contributed by atoms with van der Waals surface area (Å²) in [6.07, 6.45) is 1.99. The third-order valence-electron chi connectivity index (χ3n) is 2.63.